The van der Waals surface area contributed by atoms with Gasteiger partial charge in [-0.1, -0.05) is 30.3 Å². The van der Waals surface area contributed by atoms with Gasteiger partial charge in [-0.3, -0.25) is 14.6 Å². The summed E-state index contributed by atoms with van der Waals surface area (Å²) in [5.74, 6) is -1.59. The molecule has 1 aromatic carbocycles. The van der Waals surface area contributed by atoms with Crippen molar-refractivity contribution in [2.75, 3.05) is 5.32 Å². The molecule has 23 heavy (non-hydrogen) atoms. The topological polar surface area (TPSA) is 74.7 Å². The number of carbonyl (C=O) groups is 2. The Balaban J connectivity index is 1.71. The van der Waals surface area contributed by atoms with Crippen molar-refractivity contribution in [3.05, 3.63) is 60.4 Å². The lowest BCUT2D eigenvalue weighted by molar-refractivity contribution is -0.136. The van der Waals surface area contributed by atoms with Crippen molar-refractivity contribution in [1.82, 2.24) is 9.99 Å². The zero-order chi connectivity index (χ0) is 16.2. The second-order valence-electron chi connectivity index (χ2n) is 5.29. The van der Waals surface area contributed by atoms with E-state index >= 15 is 0 Å². The fourth-order valence-corrected chi connectivity index (χ4v) is 2.45. The molecule has 1 N–H and O–H groups in total. The quantitative estimate of drug-likeness (QED) is 0.878. The molecule has 3 rings (SSSR count). The monoisotopic (exact) mass is 308 g/mol. The maximum atomic E-state index is 12.5. The minimum absolute atomic E-state index is 0.312. The molecule has 2 aromatic rings. The number of hydrogen-bond donors (Lipinski definition) is 1. The highest BCUT2D eigenvalue weighted by atomic mass is 16.2. The largest absolute Gasteiger partial charge is 0.324 e. The van der Waals surface area contributed by atoms with Crippen LogP contribution in [0.4, 0.5) is 5.69 Å². The summed E-state index contributed by atoms with van der Waals surface area (Å²) in [6, 6.07) is 13.0. The van der Waals surface area contributed by atoms with E-state index in [9.17, 15) is 9.59 Å². The molecule has 6 heteroatoms. The summed E-state index contributed by atoms with van der Waals surface area (Å²) in [4.78, 5) is 28.8. The molecule has 0 aliphatic carbocycles. The van der Waals surface area contributed by atoms with Crippen LogP contribution in [0.15, 0.2) is 60.0 Å². The second kappa shape index (κ2) is 6.39. The number of carbonyl (C=O) groups excluding carboxylic acids is 2. The van der Waals surface area contributed by atoms with Gasteiger partial charge >= 0.3 is 0 Å². The van der Waals surface area contributed by atoms with Gasteiger partial charge in [0.2, 0.25) is 5.91 Å². The zero-order valence-corrected chi connectivity index (χ0v) is 12.6. The van der Waals surface area contributed by atoms with E-state index in [4.69, 9.17) is 0 Å². The van der Waals surface area contributed by atoms with Gasteiger partial charge in [0.1, 0.15) is 0 Å². The normalized spacial score (nSPS) is 17.1. The number of amides is 2. The number of hydrazone groups is 1. The van der Waals surface area contributed by atoms with Crippen LogP contribution in [0.5, 0.6) is 0 Å². The van der Waals surface area contributed by atoms with Crippen LogP contribution in [-0.4, -0.2) is 27.5 Å². The van der Waals surface area contributed by atoms with E-state index in [1.165, 1.54) is 11.2 Å². The standard InChI is InChI=1S/C17H16N4O2/c1-12-15(16(22)19-14-8-5-9-18-10-14)17(23)21(20-12)11-13-6-3-2-4-7-13/h2-10,15H,11H2,1H3,(H,19,22). The fourth-order valence-electron chi connectivity index (χ4n) is 2.45. The summed E-state index contributed by atoms with van der Waals surface area (Å²) >= 11 is 0. The molecule has 1 aliphatic rings. The molecule has 1 unspecified atom stereocenters. The van der Waals surface area contributed by atoms with Crippen molar-refractivity contribution in [1.29, 1.82) is 0 Å². The van der Waals surface area contributed by atoms with Crippen LogP contribution in [0, 0.1) is 5.92 Å². The predicted molar refractivity (Wildman–Crippen MR) is 86.5 cm³/mol. The van der Waals surface area contributed by atoms with Crippen LogP contribution in [0.3, 0.4) is 0 Å². The lowest BCUT2D eigenvalue weighted by Crippen LogP contribution is -2.36. The summed E-state index contributed by atoms with van der Waals surface area (Å²) in [5, 5.41) is 8.28. The van der Waals surface area contributed by atoms with Crippen LogP contribution in [0.25, 0.3) is 0 Å². The van der Waals surface area contributed by atoms with Gasteiger partial charge in [0.05, 0.1) is 24.1 Å². The first-order valence-electron chi connectivity index (χ1n) is 7.26. The SMILES string of the molecule is CC1=NN(Cc2ccccc2)C(=O)C1C(=O)Nc1cccnc1. The van der Waals surface area contributed by atoms with E-state index in [0.29, 0.717) is 17.9 Å². The van der Waals surface area contributed by atoms with Crippen molar-refractivity contribution >= 4 is 23.2 Å². The van der Waals surface area contributed by atoms with E-state index in [2.05, 4.69) is 15.4 Å². The molecule has 0 saturated heterocycles. The summed E-state index contributed by atoms with van der Waals surface area (Å²) in [7, 11) is 0. The molecule has 0 fully saturated rings. The Labute approximate surface area is 133 Å². The Morgan fingerprint density at radius 3 is 2.70 bits per heavy atom. The van der Waals surface area contributed by atoms with Gasteiger partial charge < -0.3 is 5.32 Å². The van der Waals surface area contributed by atoms with E-state index in [0.717, 1.165) is 5.56 Å². The second-order valence-corrected chi connectivity index (χ2v) is 5.29. The van der Waals surface area contributed by atoms with Crippen molar-refractivity contribution < 1.29 is 9.59 Å². The Morgan fingerprint density at radius 2 is 2.00 bits per heavy atom. The Morgan fingerprint density at radius 1 is 1.22 bits per heavy atom. The van der Waals surface area contributed by atoms with Crippen LogP contribution >= 0.6 is 0 Å². The first-order valence-corrected chi connectivity index (χ1v) is 7.26. The number of nitrogens with one attached hydrogen (secondary N) is 1. The highest BCUT2D eigenvalue weighted by molar-refractivity contribution is 6.24. The Hall–Kier alpha value is -3.02. The highest BCUT2D eigenvalue weighted by Gasteiger charge is 2.38. The van der Waals surface area contributed by atoms with Crippen molar-refractivity contribution in [2.24, 2.45) is 11.0 Å². The molecule has 1 aromatic heterocycles. The minimum atomic E-state index is -0.890. The molecule has 1 atom stereocenters. The number of hydrogen-bond acceptors (Lipinski definition) is 4. The number of nitrogens with zero attached hydrogens (tertiary/aromatic N) is 3. The number of anilines is 1. The number of benzene rings is 1. The average molecular weight is 308 g/mol. The van der Waals surface area contributed by atoms with Gasteiger partial charge in [-0.25, -0.2) is 5.01 Å². The molecular weight excluding hydrogens is 292 g/mol. The lowest BCUT2D eigenvalue weighted by atomic mass is 10.0. The summed E-state index contributed by atoms with van der Waals surface area (Å²) in [6.45, 7) is 2.05. The van der Waals surface area contributed by atoms with Gasteiger partial charge in [-0.05, 0) is 24.6 Å². The van der Waals surface area contributed by atoms with E-state index in [1.54, 1.807) is 25.3 Å². The summed E-state index contributed by atoms with van der Waals surface area (Å²) < 4.78 is 0. The van der Waals surface area contributed by atoms with E-state index in [1.807, 2.05) is 30.3 Å². The third-order valence-corrected chi connectivity index (χ3v) is 3.56. The van der Waals surface area contributed by atoms with Gasteiger partial charge in [0.15, 0.2) is 5.92 Å². The molecular formula is C17H16N4O2. The molecule has 0 bridgehead atoms. The minimum Gasteiger partial charge on any atom is -0.324 e. The maximum Gasteiger partial charge on any atom is 0.261 e. The van der Waals surface area contributed by atoms with Gasteiger partial charge in [0, 0.05) is 6.20 Å². The molecule has 2 amide bonds. The number of aromatic nitrogens is 1. The smallest absolute Gasteiger partial charge is 0.261 e. The fraction of sp³-hybridized carbons (Fsp3) is 0.176. The van der Waals surface area contributed by atoms with Gasteiger partial charge in [-0.15, -0.1) is 0 Å². The summed E-state index contributed by atoms with van der Waals surface area (Å²) in [6.07, 6.45) is 3.15. The zero-order valence-electron chi connectivity index (χ0n) is 12.6. The molecule has 0 radical (unpaired) electrons. The van der Waals surface area contributed by atoms with Gasteiger partial charge in [0.25, 0.3) is 5.91 Å². The first-order chi connectivity index (χ1) is 11.1. The summed E-state index contributed by atoms with van der Waals surface area (Å²) in [5.41, 5.74) is 2.01. The molecule has 0 saturated carbocycles. The molecule has 6 nitrogen and oxygen atoms in total. The van der Waals surface area contributed by atoms with Crippen molar-refractivity contribution in [3.63, 3.8) is 0 Å². The number of rotatable bonds is 4. The van der Waals surface area contributed by atoms with Crippen LogP contribution in [-0.2, 0) is 16.1 Å². The highest BCUT2D eigenvalue weighted by Crippen LogP contribution is 2.20. The third kappa shape index (κ3) is 3.26. The molecule has 116 valence electrons. The van der Waals surface area contributed by atoms with Crippen LogP contribution < -0.4 is 5.32 Å². The average Bonchev–Trinajstić information content (AvgIpc) is 2.83. The van der Waals surface area contributed by atoms with Crippen molar-refractivity contribution in [3.8, 4) is 0 Å². The van der Waals surface area contributed by atoms with Gasteiger partial charge in [-0.2, -0.15) is 5.10 Å². The Bertz CT molecular complexity index is 744. The van der Waals surface area contributed by atoms with Crippen LogP contribution in [0.2, 0.25) is 0 Å². The van der Waals surface area contributed by atoms with E-state index in [-0.39, 0.29) is 11.8 Å². The van der Waals surface area contributed by atoms with Crippen molar-refractivity contribution in [2.45, 2.75) is 13.5 Å². The molecule has 0 spiro atoms. The lowest BCUT2D eigenvalue weighted by Gasteiger charge is -2.14. The predicted octanol–water partition coefficient (Wildman–Crippen LogP) is 2.05. The Kier molecular flexibility index (Phi) is 4.14. The molecule has 1 aliphatic heterocycles. The maximum absolute atomic E-state index is 12.5. The first kappa shape index (κ1) is 14.9. The third-order valence-electron chi connectivity index (χ3n) is 3.56. The molecule has 2 heterocycles. The van der Waals surface area contributed by atoms with E-state index < -0.39 is 5.92 Å². The number of pyridine rings is 1. The van der Waals surface area contributed by atoms with Crippen LogP contribution in [0.1, 0.15) is 12.5 Å².